The van der Waals surface area contributed by atoms with E-state index < -0.39 is 0 Å². The molecule has 6 nitrogen and oxygen atoms in total. The SMILES string of the molecule is Cc1cc2cc3c(cc2cc1OCCCCCN1CCN(C)CC1)N=C[C@@H]1CCCN1C3=O. The quantitative estimate of drug-likeness (QED) is 0.594. The number of aliphatic imine (C=N–C) groups is 1. The van der Waals surface area contributed by atoms with E-state index in [1.807, 2.05) is 23.2 Å². The molecule has 2 aromatic rings. The Balaban J connectivity index is 1.19. The van der Waals surface area contributed by atoms with Crippen molar-refractivity contribution >= 4 is 28.6 Å². The van der Waals surface area contributed by atoms with Crippen LogP contribution in [0.4, 0.5) is 5.69 Å². The number of likely N-dealkylation sites (N-methyl/N-ethyl adjacent to an activating group) is 1. The predicted octanol–water partition coefficient (Wildman–Crippen LogP) is 4.27. The standard InChI is InChI=1S/C27H36N4O2/c1-20-15-21-16-24-25(28-19-23-7-6-9-31(23)27(24)32)17-22(21)18-26(20)33-14-5-3-4-8-30-12-10-29(2)11-13-30/h15-19,23H,3-14H2,1-2H3/t23-/m0/s1. The smallest absolute Gasteiger partial charge is 0.256 e. The predicted molar refractivity (Wildman–Crippen MR) is 134 cm³/mol. The Morgan fingerprint density at radius 1 is 1.00 bits per heavy atom. The number of fused-ring (bicyclic) bond motifs is 3. The lowest BCUT2D eigenvalue weighted by Crippen LogP contribution is -2.44. The highest BCUT2D eigenvalue weighted by Gasteiger charge is 2.31. The van der Waals surface area contributed by atoms with Crippen LogP contribution in [-0.4, -0.2) is 85.8 Å². The maximum Gasteiger partial charge on any atom is 0.256 e. The molecule has 0 bridgehead atoms. The van der Waals surface area contributed by atoms with Crippen LogP contribution in [0.3, 0.4) is 0 Å². The lowest BCUT2D eigenvalue weighted by atomic mass is 10.0. The molecule has 2 aromatic carbocycles. The van der Waals surface area contributed by atoms with Crippen LogP contribution in [0.5, 0.6) is 5.75 Å². The fourth-order valence-corrected chi connectivity index (χ4v) is 5.25. The summed E-state index contributed by atoms with van der Waals surface area (Å²) in [5.41, 5.74) is 2.61. The van der Waals surface area contributed by atoms with Crippen molar-refractivity contribution < 1.29 is 9.53 Å². The first-order valence-corrected chi connectivity index (χ1v) is 12.6. The van der Waals surface area contributed by atoms with Crippen LogP contribution in [0, 0.1) is 6.92 Å². The van der Waals surface area contributed by atoms with Crippen LogP contribution in [0.2, 0.25) is 0 Å². The summed E-state index contributed by atoms with van der Waals surface area (Å²) in [6, 6.07) is 8.46. The van der Waals surface area contributed by atoms with Gasteiger partial charge in [0.05, 0.1) is 23.9 Å². The summed E-state index contributed by atoms with van der Waals surface area (Å²) in [5.74, 6) is 1.05. The molecule has 3 aliphatic rings. The maximum atomic E-state index is 13.1. The lowest BCUT2D eigenvalue weighted by Gasteiger charge is -2.32. The molecule has 0 N–H and O–H groups in total. The molecule has 0 radical (unpaired) electrons. The zero-order valence-corrected chi connectivity index (χ0v) is 20.1. The number of piperazine rings is 1. The van der Waals surface area contributed by atoms with Crippen LogP contribution in [0.15, 0.2) is 29.3 Å². The number of ether oxygens (including phenoxy) is 1. The van der Waals surface area contributed by atoms with Crippen molar-refractivity contribution in [3.8, 4) is 5.75 Å². The minimum atomic E-state index is 0.112. The molecule has 0 aromatic heterocycles. The Labute approximate surface area is 197 Å². The van der Waals surface area contributed by atoms with Crippen molar-refractivity contribution in [3.05, 3.63) is 35.4 Å². The van der Waals surface area contributed by atoms with Crippen molar-refractivity contribution in [1.82, 2.24) is 14.7 Å². The van der Waals surface area contributed by atoms with Gasteiger partial charge in [-0.2, -0.15) is 0 Å². The highest BCUT2D eigenvalue weighted by molar-refractivity contribution is 6.06. The second-order valence-electron chi connectivity index (χ2n) is 9.87. The topological polar surface area (TPSA) is 48.4 Å². The van der Waals surface area contributed by atoms with E-state index in [-0.39, 0.29) is 11.9 Å². The van der Waals surface area contributed by atoms with Gasteiger partial charge in [0, 0.05) is 38.9 Å². The van der Waals surface area contributed by atoms with Gasteiger partial charge in [-0.15, -0.1) is 0 Å². The molecule has 1 amide bonds. The molecule has 3 heterocycles. The number of benzene rings is 2. The maximum absolute atomic E-state index is 13.1. The molecule has 176 valence electrons. The summed E-state index contributed by atoms with van der Waals surface area (Å²) in [6.07, 6.45) is 7.53. The first kappa shape index (κ1) is 22.4. The normalized spacial score (nSPS) is 21.3. The van der Waals surface area contributed by atoms with E-state index in [0.29, 0.717) is 0 Å². The van der Waals surface area contributed by atoms with E-state index in [4.69, 9.17) is 4.74 Å². The molecule has 33 heavy (non-hydrogen) atoms. The van der Waals surface area contributed by atoms with Gasteiger partial charge in [-0.3, -0.25) is 9.79 Å². The van der Waals surface area contributed by atoms with Crippen LogP contribution >= 0.6 is 0 Å². The molecule has 6 heteroatoms. The Morgan fingerprint density at radius 3 is 2.67 bits per heavy atom. The number of nitrogens with zero attached hydrogens (tertiary/aromatic N) is 4. The Kier molecular flexibility index (Phi) is 6.65. The molecule has 3 aliphatic heterocycles. The summed E-state index contributed by atoms with van der Waals surface area (Å²) in [4.78, 5) is 24.7. The third kappa shape index (κ3) is 4.92. The number of rotatable bonds is 7. The molecule has 0 spiro atoms. The molecule has 1 atom stereocenters. The fraction of sp³-hybridized carbons (Fsp3) is 0.556. The van der Waals surface area contributed by atoms with Gasteiger partial charge in [0.25, 0.3) is 5.91 Å². The number of amides is 1. The number of aryl methyl sites for hydroxylation is 1. The van der Waals surface area contributed by atoms with Crippen molar-refractivity contribution in [3.63, 3.8) is 0 Å². The average Bonchev–Trinajstić information content (AvgIpc) is 3.24. The molecule has 0 unspecified atom stereocenters. The first-order valence-electron chi connectivity index (χ1n) is 12.6. The number of unbranched alkanes of at least 4 members (excludes halogenated alkanes) is 2. The van der Waals surface area contributed by atoms with Crippen LogP contribution < -0.4 is 4.74 Å². The van der Waals surface area contributed by atoms with E-state index in [0.717, 1.165) is 65.8 Å². The third-order valence-corrected chi connectivity index (χ3v) is 7.40. The van der Waals surface area contributed by atoms with E-state index in [9.17, 15) is 4.79 Å². The summed E-state index contributed by atoms with van der Waals surface area (Å²) < 4.78 is 6.17. The summed E-state index contributed by atoms with van der Waals surface area (Å²) in [7, 11) is 2.20. The van der Waals surface area contributed by atoms with Crippen molar-refractivity contribution in [2.24, 2.45) is 4.99 Å². The monoisotopic (exact) mass is 448 g/mol. The van der Waals surface area contributed by atoms with Crippen molar-refractivity contribution in [1.29, 1.82) is 0 Å². The second kappa shape index (κ2) is 9.82. The summed E-state index contributed by atoms with van der Waals surface area (Å²) in [6.45, 7) is 9.62. The van der Waals surface area contributed by atoms with Crippen molar-refractivity contribution in [2.45, 2.75) is 45.1 Å². The largest absolute Gasteiger partial charge is 0.493 e. The van der Waals surface area contributed by atoms with Crippen LogP contribution in [0.1, 0.15) is 48.0 Å². The van der Waals surface area contributed by atoms with E-state index in [2.05, 4.69) is 40.9 Å². The third-order valence-electron chi connectivity index (χ3n) is 7.40. The van der Waals surface area contributed by atoms with E-state index in [1.165, 1.54) is 45.6 Å². The lowest BCUT2D eigenvalue weighted by molar-refractivity contribution is 0.0775. The minimum Gasteiger partial charge on any atom is -0.493 e. The average molecular weight is 449 g/mol. The van der Waals surface area contributed by atoms with Gasteiger partial charge >= 0.3 is 0 Å². The molecular weight excluding hydrogens is 412 g/mol. The molecule has 2 saturated heterocycles. The molecular formula is C27H36N4O2. The Bertz CT molecular complexity index is 1040. The van der Waals surface area contributed by atoms with E-state index >= 15 is 0 Å². The van der Waals surface area contributed by atoms with Gasteiger partial charge in [0.2, 0.25) is 0 Å². The zero-order valence-electron chi connectivity index (χ0n) is 20.1. The van der Waals surface area contributed by atoms with Gasteiger partial charge in [-0.1, -0.05) is 0 Å². The van der Waals surface area contributed by atoms with Gasteiger partial charge in [-0.25, -0.2) is 0 Å². The highest BCUT2D eigenvalue weighted by atomic mass is 16.5. The second-order valence-corrected chi connectivity index (χ2v) is 9.87. The minimum absolute atomic E-state index is 0.112. The van der Waals surface area contributed by atoms with E-state index in [1.54, 1.807) is 0 Å². The molecule has 2 fully saturated rings. The van der Waals surface area contributed by atoms with Crippen LogP contribution in [0.25, 0.3) is 10.8 Å². The zero-order chi connectivity index (χ0) is 22.8. The highest BCUT2D eigenvalue weighted by Crippen LogP contribution is 2.34. The Morgan fingerprint density at radius 2 is 1.82 bits per heavy atom. The fourth-order valence-electron chi connectivity index (χ4n) is 5.25. The van der Waals surface area contributed by atoms with Crippen molar-refractivity contribution in [2.75, 3.05) is 52.9 Å². The number of carbonyl (C=O) groups excluding carboxylic acids is 1. The van der Waals surface area contributed by atoms with Gasteiger partial charge in [-0.05, 0) is 93.2 Å². The van der Waals surface area contributed by atoms with Gasteiger partial charge in [0.15, 0.2) is 0 Å². The first-order chi connectivity index (χ1) is 16.1. The molecule has 0 aliphatic carbocycles. The van der Waals surface area contributed by atoms with Crippen LogP contribution in [-0.2, 0) is 0 Å². The summed E-state index contributed by atoms with van der Waals surface area (Å²) in [5, 5.41) is 2.16. The number of hydrogen-bond donors (Lipinski definition) is 0. The van der Waals surface area contributed by atoms with Gasteiger partial charge in [0.1, 0.15) is 5.75 Å². The molecule has 0 saturated carbocycles. The number of hydrogen-bond acceptors (Lipinski definition) is 5. The summed E-state index contributed by atoms with van der Waals surface area (Å²) >= 11 is 0. The number of carbonyl (C=O) groups is 1. The Hall–Kier alpha value is -2.44. The van der Waals surface area contributed by atoms with Gasteiger partial charge < -0.3 is 19.4 Å². The molecule has 5 rings (SSSR count).